The number of fused-ring (bicyclic) bond motifs is 1. The third kappa shape index (κ3) is 2.18. The van der Waals surface area contributed by atoms with Gasteiger partial charge in [0.2, 0.25) is 5.91 Å². The lowest BCUT2D eigenvalue weighted by Crippen LogP contribution is -2.49. The molecule has 2 aliphatic heterocycles. The Bertz CT molecular complexity index is 314. The normalized spacial score (nSPS) is 40.6. The summed E-state index contributed by atoms with van der Waals surface area (Å²) in [6, 6.07) is 0.584. The van der Waals surface area contributed by atoms with Crippen LogP contribution in [0.3, 0.4) is 0 Å². The number of carbonyl (C=O) groups is 1. The maximum atomic E-state index is 12.8. The van der Waals surface area contributed by atoms with Crippen molar-refractivity contribution in [3.8, 4) is 0 Å². The Labute approximate surface area is 110 Å². The third-order valence-electron chi connectivity index (χ3n) is 5.35. The highest BCUT2D eigenvalue weighted by Gasteiger charge is 2.44. The summed E-state index contributed by atoms with van der Waals surface area (Å²) in [6.45, 7) is 4.28. The number of nitrogens with zero attached hydrogens (tertiary/aromatic N) is 1. The van der Waals surface area contributed by atoms with Crippen molar-refractivity contribution in [3.05, 3.63) is 0 Å². The van der Waals surface area contributed by atoms with E-state index in [0.29, 0.717) is 17.9 Å². The molecule has 102 valence electrons. The molecule has 1 aliphatic carbocycles. The van der Waals surface area contributed by atoms with E-state index >= 15 is 0 Å². The molecular weight excluding hydrogens is 224 g/mol. The van der Waals surface area contributed by atoms with Gasteiger partial charge < -0.3 is 10.2 Å². The number of rotatable bonds is 1. The third-order valence-corrected chi connectivity index (χ3v) is 5.35. The van der Waals surface area contributed by atoms with Crippen LogP contribution in [0.5, 0.6) is 0 Å². The van der Waals surface area contributed by atoms with Crippen LogP contribution in [0.25, 0.3) is 0 Å². The average molecular weight is 250 g/mol. The van der Waals surface area contributed by atoms with Crippen molar-refractivity contribution in [2.45, 2.75) is 64.0 Å². The minimum atomic E-state index is 0.137. The number of amides is 1. The number of likely N-dealkylation sites (tertiary alicyclic amines) is 1. The van der Waals surface area contributed by atoms with Gasteiger partial charge in [-0.2, -0.15) is 0 Å². The molecule has 1 N–H and O–H groups in total. The molecule has 3 nitrogen and oxygen atoms in total. The zero-order valence-corrected chi connectivity index (χ0v) is 11.5. The van der Waals surface area contributed by atoms with E-state index in [9.17, 15) is 4.79 Å². The maximum absolute atomic E-state index is 12.8. The number of hydrogen-bond donors (Lipinski definition) is 1. The number of carbonyl (C=O) groups excluding carboxylic acids is 1. The predicted molar refractivity (Wildman–Crippen MR) is 72.3 cm³/mol. The largest absolute Gasteiger partial charge is 0.339 e. The molecule has 4 atom stereocenters. The molecule has 0 radical (unpaired) electrons. The van der Waals surface area contributed by atoms with Crippen LogP contribution >= 0.6 is 0 Å². The summed E-state index contributed by atoms with van der Waals surface area (Å²) in [7, 11) is 0. The summed E-state index contributed by atoms with van der Waals surface area (Å²) >= 11 is 0. The quantitative estimate of drug-likeness (QED) is 0.773. The second-order valence-corrected chi connectivity index (χ2v) is 6.47. The Morgan fingerprint density at radius 1 is 1.11 bits per heavy atom. The summed E-state index contributed by atoms with van der Waals surface area (Å²) in [5.74, 6) is 1.81. The minimum Gasteiger partial charge on any atom is -0.339 e. The summed E-state index contributed by atoms with van der Waals surface area (Å²) in [5.41, 5.74) is 0. The first kappa shape index (κ1) is 12.5. The van der Waals surface area contributed by atoms with Crippen LogP contribution < -0.4 is 5.32 Å². The summed E-state index contributed by atoms with van der Waals surface area (Å²) < 4.78 is 0. The van der Waals surface area contributed by atoms with Gasteiger partial charge in [0.1, 0.15) is 0 Å². The molecule has 0 aromatic rings. The first-order chi connectivity index (χ1) is 8.77. The lowest BCUT2D eigenvalue weighted by molar-refractivity contribution is -0.136. The van der Waals surface area contributed by atoms with Gasteiger partial charge in [-0.05, 0) is 51.0 Å². The van der Waals surface area contributed by atoms with Gasteiger partial charge in [0.15, 0.2) is 0 Å². The van der Waals surface area contributed by atoms with E-state index in [1.807, 2.05) is 0 Å². The lowest BCUT2D eigenvalue weighted by Gasteiger charge is -2.31. The van der Waals surface area contributed by atoms with E-state index in [1.54, 1.807) is 0 Å². The zero-order chi connectivity index (χ0) is 12.5. The van der Waals surface area contributed by atoms with Crippen molar-refractivity contribution in [3.63, 3.8) is 0 Å². The van der Waals surface area contributed by atoms with Crippen LogP contribution in [0.2, 0.25) is 0 Å². The fraction of sp³-hybridized carbons (Fsp3) is 0.933. The smallest absolute Gasteiger partial charge is 0.240 e. The molecule has 1 saturated carbocycles. The second-order valence-electron chi connectivity index (χ2n) is 6.47. The molecule has 2 heterocycles. The fourth-order valence-corrected chi connectivity index (χ4v) is 4.24. The van der Waals surface area contributed by atoms with Gasteiger partial charge in [0, 0.05) is 12.6 Å². The monoisotopic (exact) mass is 250 g/mol. The van der Waals surface area contributed by atoms with Gasteiger partial charge in [-0.15, -0.1) is 0 Å². The molecule has 4 unspecified atom stereocenters. The molecule has 0 bridgehead atoms. The Morgan fingerprint density at radius 3 is 2.89 bits per heavy atom. The van der Waals surface area contributed by atoms with Gasteiger partial charge in [0.25, 0.3) is 0 Å². The predicted octanol–water partition coefficient (Wildman–Crippen LogP) is 2.17. The molecule has 0 aromatic heterocycles. The highest BCUT2D eigenvalue weighted by atomic mass is 16.2. The van der Waals surface area contributed by atoms with Gasteiger partial charge >= 0.3 is 0 Å². The Balaban J connectivity index is 1.69. The molecule has 1 amide bonds. The summed E-state index contributed by atoms with van der Waals surface area (Å²) in [4.78, 5) is 14.9. The van der Waals surface area contributed by atoms with Gasteiger partial charge in [-0.1, -0.05) is 19.3 Å². The van der Waals surface area contributed by atoms with Gasteiger partial charge in [0.05, 0.1) is 6.04 Å². The maximum Gasteiger partial charge on any atom is 0.240 e. The van der Waals surface area contributed by atoms with E-state index in [4.69, 9.17) is 0 Å². The number of nitrogens with one attached hydrogen (secondary N) is 1. The van der Waals surface area contributed by atoms with E-state index in [-0.39, 0.29) is 6.04 Å². The molecule has 3 fully saturated rings. The van der Waals surface area contributed by atoms with Crippen LogP contribution in [0.15, 0.2) is 0 Å². The molecule has 0 spiro atoms. The lowest BCUT2D eigenvalue weighted by atomic mass is 9.93. The summed E-state index contributed by atoms with van der Waals surface area (Å²) in [5, 5.41) is 3.51. The van der Waals surface area contributed by atoms with Crippen LogP contribution in [-0.4, -0.2) is 36.0 Å². The topological polar surface area (TPSA) is 32.3 Å². The standard InChI is InChI=1S/C15H26N2O/c1-11-6-3-2-4-9-17(11)15(18)14-13-8-5-7-12(13)10-16-14/h11-14,16H,2-10H2,1H3. The zero-order valence-electron chi connectivity index (χ0n) is 11.5. The molecular formula is C15H26N2O. The molecule has 3 rings (SSSR count). The second kappa shape index (κ2) is 5.20. The Morgan fingerprint density at radius 2 is 2.00 bits per heavy atom. The van der Waals surface area contributed by atoms with Crippen molar-refractivity contribution in [1.82, 2.24) is 10.2 Å². The van der Waals surface area contributed by atoms with Crippen LogP contribution in [-0.2, 0) is 4.79 Å². The number of hydrogen-bond acceptors (Lipinski definition) is 2. The van der Waals surface area contributed by atoms with Crippen molar-refractivity contribution >= 4 is 5.91 Å². The molecule has 3 aliphatic rings. The summed E-state index contributed by atoms with van der Waals surface area (Å²) in [6.07, 6.45) is 8.88. The van der Waals surface area contributed by atoms with Crippen molar-refractivity contribution in [1.29, 1.82) is 0 Å². The van der Waals surface area contributed by atoms with E-state index in [0.717, 1.165) is 19.0 Å². The molecule has 0 aromatic carbocycles. The first-order valence-corrected chi connectivity index (χ1v) is 7.81. The Kier molecular flexibility index (Phi) is 3.60. The van der Waals surface area contributed by atoms with Gasteiger partial charge in [-0.25, -0.2) is 0 Å². The van der Waals surface area contributed by atoms with E-state index in [1.165, 1.54) is 44.9 Å². The molecule has 2 saturated heterocycles. The molecule has 3 heteroatoms. The van der Waals surface area contributed by atoms with Crippen LogP contribution in [0.4, 0.5) is 0 Å². The van der Waals surface area contributed by atoms with Crippen molar-refractivity contribution in [2.75, 3.05) is 13.1 Å². The van der Waals surface area contributed by atoms with Crippen molar-refractivity contribution < 1.29 is 4.79 Å². The average Bonchev–Trinajstić information content (AvgIpc) is 2.89. The highest BCUT2D eigenvalue weighted by molar-refractivity contribution is 5.83. The van der Waals surface area contributed by atoms with Gasteiger partial charge in [-0.3, -0.25) is 4.79 Å². The van der Waals surface area contributed by atoms with Crippen LogP contribution in [0, 0.1) is 11.8 Å². The minimum absolute atomic E-state index is 0.137. The highest BCUT2D eigenvalue weighted by Crippen LogP contribution is 2.38. The van der Waals surface area contributed by atoms with E-state index < -0.39 is 0 Å². The first-order valence-electron chi connectivity index (χ1n) is 7.81. The SMILES string of the molecule is CC1CCCCCN1C(=O)C1NCC2CCCC21. The van der Waals surface area contributed by atoms with Crippen molar-refractivity contribution in [2.24, 2.45) is 11.8 Å². The Hall–Kier alpha value is -0.570. The fourth-order valence-electron chi connectivity index (χ4n) is 4.24. The van der Waals surface area contributed by atoms with E-state index in [2.05, 4.69) is 17.1 Å². The van der Waals surface area contributed by atoms with Crippen LogP contribution in [0.1, 0.15) is 51.9 Å². The molecule has 18 heavy (non-hydrogen) atoms.